The molecule has 0 saturated carbocycles. The van der Waals surface area contributed by atoms with Crippen LogP contribution in [0.15, 0.2) is 29.9 Å². The molecule has 1 heterocycles. The number of carbonyl (C=O) groups excluding carboxylic acids is 1. The number of hydrogen-bond acceptors (Lipinski definition) is 4. The molecule has 2 aromatic rings. The van der Waals surface area contributed by atoms with Gasteiger partial charge in [0.15, 0.2) is 0 Å². The topological polar surface area (TPSA) is 54.0 Å². The highest BCUT2D eigenvalue weighted by molar-refractivity contribution is 7.09. The maximum Gasteiger partial charge on any atom is 0.238 e. The Morgan fingerprint density at radius 2 is 2.05 bits per heavy atom. The van der Waals surface area contributed by atoms with E-state index in [1.165, 1.54) is 17.4 Å². The summed E-state index contributed by atoms with van der Waals surface area (Å²) in [6, 6.07) is 3.41. The van der Waals surface area contributed by atoms with Crippen LogP contribution in [0, 0.1) is 11.6 Å². The standard InChI is InChI=1S/C12H11F2N3OS/c13-9-2-1-3-10(14)12(9)17-11(18)6-15-4-8-5-16-7-19-8/h1-3,5,7,15H,4,6H2,(H,17,18). The lowest BCUT2D eigenvalue weighted by Gasteiger charge is -2.07. The van der Waals surface area contributed by atoms with E-state index in [0.29, 0.717) is 6.54 Å². The monoisotopic (exact) mass is 283 g/mol. The molecule has 4 nitrogen and oxygen atoms in total. The van der Waals surface area contributed by atoms with Crippen LogP contribution in [0.3, 0.4) is 0 Å². The summed E-state index contributed by atoms with van der Waals surface area (Å²) in [7, 11) is 0. The molecule has 2 rings (SSSR count). The minimum atomic E-state index is -0.796. The maximum absolute atomic E-state index is 13.3. The summed E-state index contributed by atoms with van der Waals surface area (Å²) in [5, 5.41) is 5.06. The van der Waals surface area contributed by atoms with Crippen molar-refractivity contribution in [2.75, 3.05) is 11.9 Å². The molecule has 0 saturated heterocycles. The van der Waals surface area contributed by atoms with Crippen LogP contribution in [0.5, 0.6) is 0 Å². The van der Waals surface area contributed by atoms with Crippen molar-refractivity contribution in [2.24, 2.45) is 0 Å². The predicted molar refractivity (Wildman–Crippen MR) is 68.8 cm³/mol. The summed E-state index contributed by atoms with van der Waals surface area (Å²) in [5.41, 5.74) is 1.26. The Bertz CT molecular complexity index is 540. The van der Waals surface area contributed by atoms with E-state index >= 15 is 0 Å². The van der Waals surface area contributed by atoms with Crippen LogP contribution in [0.1, 0.15) is 4.88 Å². The van der Waals surface area contributed by atoms with Gasteiger partial charge in [-0.15, -0.1) is 11.3 Å². The first kappa shape index (κ1) is 13.6. The van der Waals surface area contributed by atoms with Crippen LogP contribution < -0.4 is 10.6 Å². The van der Waals surface area contributed by atoms with E-state index < -0.39 is 23.2 Å². The van der Waals surface area contributed by atoms with E-state index in [-0.39, 0.29) is 6.54 Å². The fourth-order valence-electron chi connectivity index (χ4n) is 1.43. The van der Waals surface area contributed by atoms with E-state index in [0.717, 1.165) is 17.0 Å². The average molecular weight is 283 g/mol. The Morgan fingerprint density at radius 3 is 2.68 bits per heavy atom. The Morgan fingerprint density at radius 1 is 1.32 bits per heavy atom. The molecule has 1 aromatic carbocycles. The molecule has 100 valence electrons. The molecule has 19 heavy (non-hydrogen) atoms. The van der Waals surface area contributed by atoms with Gasteiger partial charge in [-0.2, -0.15) is 0 Å². The molecular weight excluding hydrogens is 272 g/mol. The second-order valence-corrected chi connectivity index (χ2v) is 4.69. The molecule has 2 N–H and O–H groups in total. The van der Waals surface area contributed by atoms with Gasteiger partial charge in [0, 0.05) is 17.6 Å². The SMILES string of the molecule is O=C(CNCc1cncs1)Nc1c(F)cccc1F. The van der Waals surface area contributed by atoms with Gasteiger partial charge in [0.2, 0.25) is 5.91 Å². The highest BCUT2D eigenvalue weighted by Crippen LogP contribution is 2.17. The molecule has 1 aromatic heterocycles. The number of amides is 1. The first-order valence-electron chi connectivity index (χ1n) is 5.49. The average Bonchev–Trinajstić information content (AvgIpc) is 2.87. The number of thiazole rings is 1. The zero-order valence-electron chi connectivity index (χ0n) is 9.82. The molecule has 1 amide bonds. The van der Waals surface area contributed by atoms with E-state index in [4.69, 9.17) is 0 Å². The lowest BCUT2D eigenvalue weighted by Crippen LogP contribution is -2.28. The zero-order valence-corrected chi connectivity index (χ0v) is 10.6. The number of para-hydroxylation sites is 1. The Balaban J connectivity index is 1.84. The van der Waals surface area contributed by atoms with Gasteiger partial charge in [-0.25, -0.2) is 8.78 Å². The second-order valence-electron chi connectivity index (χ2n) is 3.72. The van der Waals surface area contributed by atoms with Crippen molar-refractivity contribution in [3.63, 3.8) is 0 Å². The van der Waals surface area contributed by atoms with Crippen molar-refractivity contribution in [3.05, 3.63) is 46.4 Å². The van der Waals surface area contributed by atoms with Gasteiger partial charge in [0.25, 0.3) is 0 Å². The number of benzene rings is 1. The molecule has 0 bridgehead atoms. The van der Waals surface area contributed by atoms with Gasteiger partial charge in [-0.05, 0) is 12.1 Å². The summed E-state index contributed by atoms with van der Waals surface area (Å²) < 4.78 is 26.5. The number of nitrogens with one attached hydrogen (secondary N) is 2. The first-order valence-corrected chi connectivity index (χ1v) is 6.36. The van der Waals surface area contributed by atoms with E-state index in [1.807, 2.05) is 0 Å². The van der Waals surface area contributed by atoms with Gasteiger partial charge < -0.3 is 10.6 Å². The number of halogens is 2. The third-order valence-corrected chi connectivity index (χ3v) is 3.08. The fourth-order valence-corrected chi connectivity index (χ4v) is 1.99. The van der Waals surface area contributed by atoms with Crippen molar-refractivity contribution < 1.29 is 13.6 Å². The third-order valence-electron chi connectivity index (χ3n) is 2.30. The number of carbonyl (C=O) groups is 1. The van der Waals surface area contributed by atoms with Crippen molar-refractivity contribution in [1.29, 1.82) is 0 Å². The van der Waals surface area contributed by atoms with E-state index in [1.54, 1.807) is 11.7 Å². The number of nitrogens with zero attached hydrogens (tertiary/aromatic N) is 1. The smallest absolute Gasteiger partial charge is 0.238 e. The molecule has 0 atom stereocenters. The van der Waals surface area contributed by atoms with E-state index in [9.17, 15) is 13.6 Å². The van der Waals surface area contributed by atoms with Crippen LogP contribution in [0.25, 0.3) is 0 Å². The largest absolute Gasteiger partial charge is 0.320 e. The summed E-state index contributed by atoms with van der Waals surface area (Å²) in [5.74, 6) is -2.10. The number of aromatic nitrogens is 1. The number of anilines is 1. The molecule has 0 fully saturated rings. The van der Waals surface area contributed by atoms with Crippen LogP contribution >= 0.6 is 11.3 Å². The second kappa shape index (κ2) is 6.35. The fraction of sp³-hybridized carbons (Fsp3) is 0.167. The molecule has 0 aliphatic carbocycles. The van der Waals surface area contributed by atoms with Crippen molar-refractivity contribution in [1.82, 2.24) is 10.3 Å². The third kappa shape index (κ3) is 3.80. The summed E-state index contributed by atoms with van der Waals surface area (Å²) >= 11 is 1.46. The van der Waals surface area contributed by atoms with Gasteiger partial charge in [-0.1, -0.05) is 6.07 Å². The normalized spacial score (nSPS) is 10.4. The molecule has 0 aliphatic heterocycles. The van der Waals surface area contributed by atoms with Crippen molar-refractivity contribution in [3.8, 4) is 0 Å². The minimum Gasteiger partial charge on any atom is -0.320 e. The highest BCUT2D eigenvalue weighted by Gasteiger charge is 2.11. The van der Waals surface area contributed by atoms with Crippen LogP contribution in [-0.4, -0.2) is 17.4 Å². The number of hydrogen-bond donors (Lipinski definition) is 2. The molecule has 0 aliphatic rings. The van der Waals surface area contributed by atoms with Crippen molar-refractivity contribution in [2.45, 2.75) is 6.54 Å². The molecule has 0 unspecified atom stereocenters. The van der Waals surface area contributed by atoms with Gasteiger partial charge in [0.1, 0.15) is 17.3 Å². The molecule has 7 heteroatoms. The molecule has 0 radical (unpaired) electrons. The predicted octanol–water partition coefficient (Wildman–Crippen LogP) is 2.15. The minimum absolute atomic E-state index is 0.0360. The van der Waals surface area contributed by atoms with Gasteiger partial charge >= 0.3 is 0 Å². The Labute approximate surface area is 112 Å². The maximum atomic E-state index is 13.3. The first-order chi connectivity index (χ1) is 9.16. The molecular formula is C12H11F2N3OS. The Kier molecular flexibility index (Phi) is 4.53. The lowest BCUT2D eigenvalue weighted by atomic mass is 10.3. The zero-order chi connectivity index (χ0) is 13.7. The van der Waals surface area contributed by atoms with E-state index in [2.05, 4.69) is 15.6 Å². The summed E-state index contributed by atoms with van der Waals surface area (Å²) in [6.07, 6.45) is 1.69. The lowest BCUT2D eigenvalue weighted by molar-refractivity contribution is -0.115. The Hall–Kier alpha value is -1.86. The number of rotatable bonds is 5. The summed E-state index contributed by atoms with van der Waals surface area (Å²) in [4.78, 5) is 16.4. The molecule has 0 spiro atoms. The quantitative estimate of drug-likeness (QED) is 0.884. The summed E-state index contributed by atoms with van der Waals surface area (Å²) in [6.45, 7) is 0.448. The van der Waals surface area contributed by atoms with Crippen LogP contribution in [-0.2, 0) is 11.3 Å². The van der Waals surface area contributed by atoms with Gasteiger partial charge in [-0.3, -0.25) is 9.78 Å². The highest BCUT2D eigenvalue weighted by atomic mass is 32.1. The van der Waals surface area contributed by atoms with Gasteiger partial charge in [0.05, 0.1) is 12.1 Å². The van der Waals surface area contributed by atoms with Crippen molar-refractivity contribution >= 4 is 22.9 Å². The van der Waals surface area contributed by atoms with Crippen LogP contribution in [0.2, 0.25) is 0 Å². The van der Waals surface area contributed by atoms with Crippen LogP contribution in [0.4, 0.5) is 14.5 Å².